The lowest BCUT2D eigenvalue weighted by molar-refractivity contribution is -0.139. The number of rotatable bonds is 6. The molecular formula is C20H22N2O4. The van der Waals surface area contributed by atoms with Crippen LogP contribution in [0.2, 0.25) is 0 Å². The fourth-order valence-electron chi connectivity index (χ4n) is 3.13. The summed E-state index contributed by atoms with van der Waals surface area (Å²) in [6.45, 7) is 0.640. The van der Waals surface area contributed by atoms with Crippen LogP contribution in [0.1, 0.15) is 24.8 Å². The Morgan fingerprint density at radius 3 is 2.42 bits per heavy atom. The molecule has 6 nitrogen and oxygen atoms in total. The van der Waals surface area contributed by atoms with Crippen molar-refractivity contribution in [1.29, 1.82) is 0 Å². The largest absolute Gasteiger partial charge is 0.497 e. The van der Waals surface area contributed by atoms with E-state index in [1.165, 1.54) is 4.90 Å². The number of methoxy groups -OCH3 is 1. The number of carbonyl (C=O) groups excluding carboxylic acids is 3. The average molecular weight is 354 g/mol. The molecule has 26 heavy (non-hydrogen) atoms. The predicted molar refractivity (Wildman–Crippen MR) is 97.5 cm³/mol. The van der Waals surface area contributed by atoms with Gasteiger partial charge in [0.15, 0.2) is 0 Å². The van der Waals surface area contributed by atoms with E-state index in [1.807, 2.05) is 36.4 Å². The minimum Gasteiger partial charge on any atom is -0.497 e. The van der Waals surface area contributed by atoms with Crippen LogP contribution in [0.3, 0.4) is 0 Å². The van der Waals surface area contributed by atoms with Crippen LogP contribution in [0.4, 0.5) is 0 Å². The second-order valence-electron chi connectivity index (χ2n) is 6.49. The van der Waals surface area contributed by atoms with Crippen molar-refractivity contribution in [2.75, 3.05) is 20.7 Å². The van der Waals surface area contributed by atoms with Crippen molar-refractivity contribution >= 4 is 28.5 Å². The molecule has 0 saturated carbocycles. The van der Waals surface area contributed by atoms with Gasteiger partial charge in [0.05, 0.1) is 7.11 Å². The standard InChI is InChI=1S/C20H22N2O4/c1-21(18(23)9-10-22-19(24)7-8-20(22)25)13-14-3-4-16-12-17(26-2)6-5-15(16)11-14/h3-6,11-12H,7-10,13H2,1-2H3. The topological polar surface area (TPSA) is 66.9 Å². The molecule has 136 valence electrons. The Hall–Kier alpha value is -2.89. The molecule has 1 aliphatic heterocycles. The van der Waals surface area contributed by atoms with E-state index in [0.717, 1.165) is 22.1 Å². The number of nitrogens with zero attached hydrogens (tertiary/aromatic N) is 2. The number of fused-ring (bicyclic) bond motifs is 1. The van der Waals surface area contributed by atoms with Gasteiger partial charge in [-0.25, -0.2) is 0 Å². The van der Waals surface area contributed by atoms with Gasteiger partial charge in [0, 0.05) is 39.4 Å². The fourth-order valence-corrected chi connectivity index (χ4v) is 3.13. The van der Waals surface area contributed by atoms with Gasteiger partial charge in [-0.05, 0) is 34.5 Å². The van der Waals surface area contributed by atoms with Gasteiger partial charge in [-0.1, -0.05) is 18.2 Å². The Balaban J connectivity index is 1.60. The van der Waals surface area contributed by atoms with E-state index in [2.05, 4.69) is 0 Å². The summed E-state index contributed by atoms with van der Waals surface area (Å²) in [4.78, 5) is 38.3. The summed E-state index contributed by atoms with van der Waals surface area (Å²) < 4.78 is 5.23. The first kappa shape index (κ1) is 17.9. The maximum Gasteiger partial charge on any atom is 0.229 e. The summed E-state index contributed by atoms with van der Waals surface area (Å²) in [7, 11) is 3.37. The van der Waals surface area contributed by atoms with E-state index in [0.29, 0.717) is 6.54 Å². The molecule has 0 N–H and O–H groups in total. The molecule has 0 unspecified atom stereocenters. The van der Waals surface area contributed by atoms with E-state index < -0.39 is 0 Å². The molecule has 1 fully saturated rings. The monoisotopic (exact) mass is 354 g/mol. The Kier molecular flexibility index (Phi) is 5.21. The van der Waals surface area contributed by atoms with Crippen molar-refractivity contribution in [2.24, 2.45) is 0 Å². The van der Waals surface area contributed by atoms with E-state index in [4.69, 9.17) is 4.74 Å². The van der Waals surface area contributed by atoms with E-state index >= 15 is 0 Å². The lowest BCUT2D eigenvalue weighted by Crippen LogP contribution is -2.34. The van der Waals surface area contributed by atoms with Crippen LogP contribution in [0.5, 0.6) is 5.75 Å². The number of hydrogen-bond donors (Lipinski definition) is 0. The summed E-state index contributed by atoms with van der Waals surface area (Å²) in [6, 6.07) is 11.9. The van der Waals surface area contributed by atoms with Gasteiger partial charge in [0.25, 0.3) is 0 Å². The third-order valence-electron chi connectivity index (χ3n) is 4.66. The number of hydrogen-bond acceptors (Lipinski definition) is 4. The zero-order valence-corrected chi connectivity index (χ0v) is 15.0. The number of amides is 3. The minimum absolute atomic E-state index is 0.0904. The van der Waals surface area contributed by atoms with Crippen molar-refractivity contribution < 1.29 is 19.1 Å². The molecule has 1 aliphatic rings. The number of benzene rings is 2. The lowest BCUT2D eigenvalue weighted by Gasteiger charge is -2.19. The maximum absolute atomic E-state index is 12.3. The number of carbonyl (C=O) groups is 3. The third-order valence-corrected chi connectivity index (χ3v) is 4.66. The van der Waals surface area contributed by atoms with Crippen molar-refractivity contribution in [1.82, 2.24) is 9.80 Å². The molecule has 0 aromatic heterocycles. The van der Waals surface area contributed by atoms with E-state index in [-0.39, 0.29) is 43.5 Å². The molecule has 3 amide bonds. The minimum atomic E-state index is -0.185. The molecule has 3 rings (SSSR count). The summed E-state index contributed by atoms with van der Waals surface area (Å²) in [5.41, 5.74) is 1.02. The SMILES string of the molecule is COc1ccc2cc(CN(C)C(=O)CCN3C(=O)CCC3=O)ccc2c1. The first-order chi connectivity index (χ1) is 12.5. The van der Waals surface area contributed by atoms with Crippen LogP contribution < -0.4 is 4.74 Å². The summed E-state index contributed by atoms with van der Waals surface area (Å²) in [5.74, 6) is 0.349. The van der Waals surface area contributed by atoms with Crippen molar-refractivity contribution in [2.45, 2.75) is 25.8 Å². The molecule has 0 atom stereocenters. The highest BCUT2D eigenvalue weighted by molar-refractivity contribution is 6.02. The number of imide groups is 1. The second-order valence-corrected chi connectivity index (χ2v) is 6.49. The first-order valence-corrected chi connectivity index (χ1v) is 8.62. The summed E-state index contributed by atoms with van der Waals surface area (Å²) >= 11 is 0. The van der Waals surface area contributed by atoms with Crippen molar-refractivity contribution in [3.63, 3.8) is 0 Å². The predicted octanol–water partition coefficient (Wildman–Crippen LogP) is 2.35. The number of ether oxygens (including phenoxy) is 1. The van der Waals surface area contributed by atoms with Crippen molar-refractivity contribution in [3.8, 4) is 5.75 Å². The quantitative estimate of drug-likeness (QED) is 0.747. The molecule has 2 aromatic carbocycles. The molecule has 0 spiro atoms. The van der Waals surface area contributed by atoms with E-state index in [9.17, 15) is 14.4 Å². The first-order valence-electron chi connectivity index (χ1n) is 8.62. The van der Waals surface area contributed by atoms with Gasteiger partial charge in [0.1, 0.15) is 5.75 Å². The van der Waals surface area contributed by atoms with Gasteiger partial charge in [0.2, 0.25) is 17.7 Å². The zero-order chi connectivity index (χ0) is 18.7. The van der Waals surface area contributed by atoms with Gasteiger partial charge in [-0.3, -0.25) is 19.3 Å². The van der Waals surface area contributed by atoms with Gasteiger partial charge >= 0.3 is 0 Å². The highest BCUT2D eigenvalue weighted by Gasteiger charge is 2.29. The third kappa shape index (κ3) is 3.85. The van der Waals surface area contributed by atoms with Crippen LogP contribution in [0.25, 0.3) is 10.8 Å². The van der Waals surface area contributed by atoms with Crippen molar-refractivity contribution in [3.05, 3.63) is 42.0 Å². The van der Waals surface area contributed by atoms with Crippen LogP contribution in [0, 0.1) is 0 Å². The highest BCUT2D eigenvalue weighted by atomic mass is 16.5. The summed E-state index contributed by atoms with van der Waals surface area (Å²) in [6.07, 6.45) is 0.661. The Morgan fingerprint density at radius 2 is 1.73 bits per heavy atom. The molecular weight excluding hydrogens is 332 g/mol. The smallest absolute Gasteiger partial charge is 0.229 e. The summed E-state index contributed by atoms with van der Waals surface area (Å²) in [5, 5.41) is 2.16. The number of likely N-dealkylation sites (tertiary alicyclic amines) is 1. The molecule has 0 radical (unpaired) electrons. The Labute approximate surface area is 152 Å². The van der Waals surface area contributed by atoms with Gasteiger partial charge < -0.3 is 9.64 Å². The average Bonchev–Trinajstić information content (AvgIpc) is 2.97. The molecule has 6 heteroatoms. The maximum atomic E-state index is 12.3. The van der Waals surface area contributed by atoms with Crippen LogP contribution in [-0.2, 0) is 20.9 Å². The Bertz CT molecular complexity index is 846. The van der Waals surface area contributed by atoms with Gasteiger partial charge in [-0.15, -0.1) is 0 Å². The normalized spacial score (nSPS) is 14.2. The van der Waals surface area contributed by atoms with Crippen LogP contribution >= 0.6 is 0 Å². The molecule has 2 aromatic rings. The molecule has 1 heterocycles. The lowest BCUT2D eigenvalue weighted by atomic mass is 10.1. The van der Waals surface area contributed by atoms with Crippen LogP contribution in [0.15, 0.2) is 36.4 Å². The second kappa shape index (κ2) is 7.56. The van der Waals surface area contributed by atoms with Gasteiger partial charge in [-0.2, -0.15) is 0 Å². The zero-order valence-electron chi connectivity index (χ0n) is 15.0. The Morgan fingerprint density at radius 1 is 1.08 bits per heavy atom. The fraction of sp³-hybridized carbons (Fsp3) is 0.350. The molecule has 0 bridgehead atoms. The molecule has 1 saturated heterocycles. The molecule has 0 aliphatic carbocycles. The van der Waals surface area contributed by atoms with E-state index in [1.54, 1.807) is 19.1 Å². The van der Waals surface area contributed by atoms with Crippen LogP contribution in [-0.4, -0.2) is 48.2 Å². The highest BCUT2D eigenvalue weighted by Crippen LogP contribution is 2.22.